The largest absolute Gasteiger partial charge is 0.464 e. The summed E-state index contributed by atoms with van der Waals surface area (Å²) < 4.78 is 62.7. The Labute approximate surface area is 191 Å². The lowest BCUT2D eigenvalue weighted by molar-refractivity contribution is 0.0592. The maximum atomic E-state index is 13.0. The first-order chi connectivity index (χ1) is 15.6. The summed E-state index contributed by atoms with van der Waals surface area (Å²) in [6, 6.07) is 9.06. The number of rotatable bonds is 5. The Hall–Kier alpha value is -3.25. The topological polar surface area (TPSA) is 133 Å². The van der Waals surface area contributed by atoms with E-state index in [1.54, 1.807) is 31.2 Å². The molecule has 0 spiro atoms. The number of esters is 1. The van der Waals surface area contributed by atoms with Crippen molar-refractivity contribution in [2.24, 2.45) is 0 Å². The molecule has 2 aromatic heterocycles. The van der Waals surface area contributed by atoms with Gasteiger partial charge >= 0.3 is 16.1 Å². The van der Waals surface area contributed by atoms with Gasteiger partial charge < -0.3 is 8.92 Å². The fourth-order valence-corrected chi connectivity index (χ4v) is 6.03. The molecule has 0 unspecified atom stereocenters. The molecule has 3 heterocycles. The van der Waals surface area contributed by atoms with Crippen molar-refractivity contribution in [2.45, 2.75) is 24.7 Å². The van der Waals surface area contributed by atoms with Gasteiger partial charge in [0.2, 0.25) is 15.8 Å². The van der Waals surface area contributed by atoms with E-state index in [9.17, 15) is 21.6 Å². The molecule has 4 rings (SSSR count). The molecule has 1 aliphatic heterocycles. The second-order valence-corrected chi connectivity index (χ2v) is 11.0. The highest BCUT2D eigenvalue weighted by Crippen LogP contribution is 2.37. The Kier molecular flexibility index (Phi) is 5.97. The number of pyridine rings is 2. The van der Waals surface area contributed by atoms with E-state index in [1.807, 2.05) is 0 Å². The highest BCUT2D eigenvalue weighted by atomic mass is 32.2. The van der Waals surface area contributed by atoms with Crippen molar-refractivity contribution in [3.05, 3.63) is 53.9 Å². The summed E-state index contributed by atoms with van der Waals surface area (Å²) in [7, 11) is -6.95. The Morgan fingerprint density at radius 3 is 2.52 bits per heavy atom. The van der Waals surface area contributed by atoms with Gasteiger partial charge in [0, 0.05) is 18.1 Å². The number of aryl methyl sites for hydroxylation is 1. The molecule has 3 aromatic rings. The van der Waals surface area contributed by atoms with Gasteiger partial charge in [-0.05, 0) is 44.0 Å². The summed E-state index contributed by atoms with van der Waals surface area (Å²) in [5.74, 6) is -1.52. The molecule has 0 bridgehead atoms. The molecule has 0 N–H and O–H groups in total. The van der Waals surface area contributed by atoms with Crippen LogP contribution in [0.2, 0.25) is 0 Å². The summed E-state index contributed by atoms with van der Waals surface area (Å²) in [4.78, 5) is 20.9. The molecule has 10 nitrogen and oxygen atoms in total. The monoisotopic (exact) mass is 491 g/mol. The Morgan fingerprint density at radius 1 is 1.12 bits per heavy atom. The number of hydrogen-bond donors (Lipinski definition) is 0. The highest BCUT2D eigenvalue weighted by Gasteiger charge is 2.33. The van der Waals surface area contributed by atoms with Crippen LogP contribution in [0.1, 0.15) is 28.9 Å². The number of nitrogens with zero attached hydrogens (tertiary/aromatic N) is 3. The normalized spacial score (nSPS) is 15.9. The first kappa shape index (κ1) is 22.9. The molecule has 0 atom stereocenters. The van der Waals surface area contributed by atoms with Crippen molar-refractivity contribution in [1.82, 2.24) is 9.97 Å². The molecule has 1 fully saturated rings. The van der Waals surface area contributed by atoms with Crippen LogP contribution in [0.5, 0.6) is 5.75 Å². The summed E-state index contributed by atoms with van der Waals surface area (Å²) in [6.45, 7) is 1.98. The standard InChI is InChI=1S/C21H21N3O7S2/c1-14-7-9-15(10-8-14)33(28,29)31-19-17-16(6-5-11-22-17)20(23-18(19)21(25)30-2)24-12-3-4-13-32(24,26)27/h5-11H,3-4,12-13H2,1-2H3. The van der Waals surface area contributed by atoms with Gasteiger partial charge in [-0.25, -0.2) is 18.2 Å². The van der Waals surface area contributed by atoms with Crippen LogP contribution < -0.4 is 8.49 Å². The zero-order chi connectivity index (χ0) is 23.8. The number of carbonyl (C=O) groups excluding carboxylic acids is 1. The second-order valence-electron chi connectivity index (χ2n) is 7.45. The van der Waals surface area contributed by atoms with Gasteiger partial charge in [-0.3, -0.25) is 9.29 Å². The highest BCUT2D eigenvalue weighted by molar-refractivity contribution is 7.92. The van der Waals surface area contributed by atoms with E-state index >= 15 is 0 Å². The lowest BCUT2D eigenvalue weighted by Gasteiger charge is -2.28. The third-order valence-corrected chi connectivity index (χ3v) is 8.23. The van der Waals surface area contributed by atoms with Crippen LogP contribution in [0.3, 0.4) is 0 Å². The number of aromatic nitrogens is 2. The molecule has 12 heteroatoms. The number of hydrogen-bond acceptors (Lipinski definition) is 9. The molecule has 33 heavy (non-hydrogen) atoms. The van der Waals surface area contributed by atoms with E-state index in [4.69, 9.17) is 8.92 Å². The average Bonchev–Trinajstić information content (AvgIpc) is 2.79. The van der Waals surface area contributed by atoms with E-state index in [-0.39, 0.29) is 33.9 Å². The van der Waals surface area contributed by atoms with Crippen LogP contribution in [-0.2, 0) is 24.9 Å². The lowest BCUT2D eigenvalue weighted by Crippen LogP contribution is -2.38. The predicted octanol–water partition coefficient (Wildman–Crippen LogP) is 2.42. The predicted molar refractivity (Wildman–Crippen MR) is 120 cm³/mol. The zero-order valence-corrected chi connectivity index (χ0v) is 19.5. The molecule has 0 aliphatic carbocycles. The van der Waals surface area contributed by atoms with Crippen molar-refractivity contribution >= 4 is 42.8 Å². The van der Waals surface area contributed by atoms with Crippen LogP contribution in [0.4, 0.5) is 5.82 Å². The lowest BCUT2D eigenvalue weighted by atomic mass is 10.2. The molecule has 1 aromatic carbocycles. The zero-order valence-electron chi connectivity index (χ0n) is 17.9. The van der Waals surface area contributed by atoms with Gasteiger partial charge in [0.25, 0.3) is 0 Å². The number of fused-ring (bicyclic) bond motifs is 1. The van der Waals surface area contributed by atoms with Gasteiger partial charge in [0.15, 0.2) is 11.5 Å². The maximum absolute atomic E-state index is 13.0. The van der Waals surface area contributed by atoms with Crippen LogP contribution >= 0.6 is 0 Å². The number of anilines is 1. The van der Waals surface area contributed by atoms with Gasteiger partial charge in [-0.15, -0.1) is 0 Å². The maximum Gasteiger partial charge on any atom is 0.360 e. The van der Waals surface area contributed by atoms with Crippen molar-refractivity contribution in [1.29, 1.82) is 0 Å². The van der Waals surface area contributed by atoms with Crippen LogP contribution in [0.25, 0.3) is 10.9 Å². The van der Waals surface area contributed by atoms with E-state index in [2.05, 4.69) is 9.97 Å². The number of benzene rings is 1. The molecular weight excluding hydrogens is 470 g/mol. The third kappa shape index (κ3) is 4.35. The molecule has 1 saturated heterocycles. The molecule has 174 valence electrons. The van der Waals surface area contributed by atoms with E-state index < -0.39 is 37.6 Å². The molecule has 0 radical (unpaired) electrons. The van der Waals surface area contributed by atoms with Gasteiger partial charge in [-0.1, -0.05) is 17.7 Å². The minimum Gasteiger partial charge on any atom is -0.464 e. The Bertz CT molecular complexity index is 1440. The quantitative estimate of drug-likeness (QED) is 0.390. The number of methoxy groups -OCH3 is 1. The van der Waals surface area contributed by atoms with E-state index in [0.29, 0.717) is 12.8 Å². The van der Waals surface area contributed by atoms with Crippen molar-refractivity contribution in [3.63, 3.8) is 0 Å². The van der Waals surface area contributed by atoms with Crippen LogP contribution in [-0.4, -0.2) is 52.2 Å². The smallest absolute Gasteiger partial charge is 0.360 e. The van der Waals surface area contributed by atoms with Crippen molar-refractivity contribution < 1.29 is 30.6 Å². The minimum absolute atomic E-state index is 0.0284. The first-order valence-corrected chi connectivity index (χ1v) is 13.0. The van der Waals surface area contributed by atoms with E-state index in [0.717, 1.165) is 17.0 Å². The number of carbonyl (C=O) groups is 1. The summed E-state index contributed by atoms with van der Waals surface area (Å²) in [5.41, 5.74) is 0.333. The van der Waals surface area contributed by atoms with Gasteiger partial charge in [0.05, 0.1) is 12.9 Å². The van der Waals surface area contributed by atoms with Gasteiger partial charge in [-0.2, -0.15) is 8.42 Å². The summed E-state index contributed by atoms with van der Waals surface area (Å²) in [6.07, 6.45) is 2.49. The molecular formula is C21H21N3O7S2. The van der Waals surface area contributed by atoms with Crippen molar-refractivity contribution in [3.8, 4) is 5.75 Å². The molecule has 0 saturated carbocycles. The third-order valence-electron chi connectivity index (χ3n) is 5.16. The Morgan fingerprint density at radius 2 is 1.85 bits per heavy atom. The van der Waals surface area contributed by atoms with Crippen LogP contribution in [0.15, 0.2) is 47.5 Å². The number of ether oxygens (including phenoxy) is 1. The Balaban J connectivity index is 1.95. The first-order valence-electron chi connectivity index (χ1n) is 10.0. The van der Waals surface area contributed by atoms with E-state index in [1.165, 1.54) is 18.3 Å². The van der Waals surface area contributed by atoms with Gasteiger partial charge in [0.1, 0.15) is 10.4 Å². The fraction of sp³-hybridized carbons (Fsp3) is 0.286. The number of sulfonamides is 1. The average molecular weight is 492 g/mol. The van der Waals surface area contributed by atoms with Crippen molar-refractivity contribution in [2.75, 3.05) is 23.7 Å². The fourth-order valence-electron chi connectivity index (χ4n) is 3.49. The molecule has 1 aliphatic rings. The molecule has 0 amide bonds. The second kappa shape index (κ2) is 8.60. The summed E-state index contributed by atoms with van der Waals surface area (Å²) in [5, 5.41) is 0.227. The minimum atomic E-state index is -4.37. The van der Waals surface area contributed by atoms with Crippen LogP contribution in [0, 0.1) is 6.92 Å². The summed E-state index contributed by atoms with van der Waals surface area (Å²) >= 11 is 0. The SMILES string of the molecule is COC(=O)c1nc(N2CCCCS2(=O)=O)c2cccnc2c1OS(=O)(=O)c1ccc(C)cc1.